The highest BCUT2D eigenvalue weighted by Gasteiger charge is 2.37. The molecule has 9 nitrogen and oxygen atoms in total. The first kappa shape index (κ1) is 22.1. The molecule has 2 aromatic carbocycles. The molecular formula is C21H20ClN3O6. The number of nitrogens with zero attached hydrogens (tertiary/aromatic N) is 1. The van der Waals surface area contributed by atoms with E-state index in [-0.39, 0.29) is 18.5 Å². The van der Waals surface area contributed by atoms with Gasteiger partial charge in [-0.2, -0.15) is 0 Å². The first-order chi connectivity index (χ1) is 14.9. The van der Waals surface area contributed by atoms with Crippen molar-refractivity contribution >= 4 is 41.0 Å². The Hall–Kier alpha value is -3.59. The lowest BCUT2D eigenvalue weighted by Gasteiger charge is -2.18. The van der Waals surface area contributed by atoms with E-state index in [0.717, 1.165) is 5.01 Å². The number of benzene rings is 2. The second-order valence-corrected chi connectivity index (χ2v) is 7.15. The minimum atomic E-state index is -0.801. The predicted molar refractivity (Wildman–Crippen MR) is 111 cm³/mol. The fourth-order valence-corrected chi connectivity index (χ4v) is 3.20. The lowest BCUT2D eigenvalue weighted by atomic mass is 10.1. The average Bonchev–Trinajstić information content (AvgIpc) is 3.12. The van der Waals surface area contributed by atoms with Gasteiger partial charge in [0.1, 0.15) is 5.75 Å². The number of methoxy groups -OCH3 is 1. The molecule has 2 aromatic rings. The summed E-state index contributed by atoms with van der Waals surface area (Å²) in [5.41, 5.74) is 3.19. The summed E-state index contributed by atoms with van der Waals surface area (Å²) in [5, 5.41) is 4.07. The van der Waals surface area contributed by atoms with E-state index >= 15 is 0 Å². The molecule has 3 rings (SSSR count). The van der Waals surface area contributed by atoms with E-state index in [1.165, 1.54) is 7.11 Å². The van der Waals surface area contributed by atoms with Crippen LogP contribution in [0.1, 0.15) is 16.8 Å². The molecule has 1 aliphatic heterocycles. The van der Waals surface area contributed by atoms with Gasteiger partial charge in [-0.25, -0.2) is 0 Å². The molecule has 3 amide bonds. The van der Waals surface area contributed by atoms with Crippen molar-refractivity contribution in [1.29, 1.82) is 0 Å². The Balaban J connectivity index is 1.50. The summed E-state index contributed by atoms with van der Waals surface area (Å²) in [6.45, 7) is -0.571. The summed E-state index contributed by atoms with van der Waals surface area (Å²) in [6.07, 6.45) is -0.138. The first-order valence-corrected chi connectivity index (χ1v) is 9.71. The molecule has 1 aliphatic rings. The number of ether oxygens (including phenoxy) is 2. The van der Waals surface area contributed by atoms with Crippen molar-refractivity contribution in [3.63, 3.8) is 0 Å². The minimum Gasteiger partial charge on any atom is -0.496 e. The standard InChI is InChI=1S/C21H20ClN3O6/c1-30-17-8-3-2-7-16(17)20(28)24-25-11-13(9-19(25)27)21(29)31-12-18(26)23-15-6-4-5-14(22)10-15/h2-8,10,13H,9,11-12H2,1H3,(H,23,26)(H,24,28)/t13-/m0/s1. The third kappa shape index (κ3) is 5.73. The molecule has 10 heteroatoms. The molecular weight excluding hydrogens is 426 g/mol. The van der Waals surface area contributed by atoms with E-state index in [0.29, 0.717) is 16.5 Å². The van der Waals surface area contributed by atoms with Gasteiger partial charge in [-0.15, -0.1) is 0 Å². The third-order valence-electron chi connectivity index (χ3n) is 4.50. The number of carbonyl (C=O) groups excluding carboxylic acids is 4. The normalized spacial score (nSPS) is 15.4. The molecule has 1 atom stereocenters. The fraction of sp³-hybridized carbons (Fsp3) is 0.238. The van der Waals surface area contributed by atoms with Crippen molar-refractivity contribution in [2.45, 2.75) is 6.42 Å². The zero-order chi connectivity index (χ0) is 22.4. The molecule has 1 fully saturated rings. The van der Waals surface area contributed by atoms with Crippen LogP contribution in [0.25, 0.3) is 0 Å². The maximum atomic E-state index is 12.5. The Labute approximate surface area is 183 Å². The van der Waals surface area contributed by atoms with Crippen molar-refractivity contribution in [2.75, 3.05) is 25.6 Å². The van der Waals surface area contributed by atoms with Crippen LogP contribution < -0.4 is 15.5 Å². The van der Waals surface area contributed by atoms with Crippen LogP contribution in [0.15, 0.2) is 48.5 Å². The summed E-state index contributed by atoms with van der Waals surface area (Å²) in [7, 11) is 1.43. The number of halogens is 1. The van der Waals surface area contributed by atoms with E-state index in [1.807, 2.05) is 0 Å². The molecule has 0 unspecified atom stereocenters. The number of para-hydroxylation sites is 1. The smallest absolute Gasteiger partial charge is 0.311 e. The topological polar surface area (TPSA) is 114 Å². The van der Waals surface area contributed by atoms with Gasteiger partial charge in [-0.05, 0) is 30.3 Å². The molecule has 1 heterocycles. The number of esters is 1. The molecule has 1 saturated heterocycles. The second kappa shape index (κ2) is 9.94. The zero-order valence-electron chi connectivity index (χ0n) is 16.6. The Bertz CT molecular complexity index is 1010. The van der Waals surface area contributed by atoms with Crippen molar-refractivity contribution in [3.8, 4) is 5.75 Å². The molecule has 0 radical (unpaired) electrons. The largest absolute Gasteiger partial charge is 0.496 e. The van der Waals surface area contributed by atoms with Crippen LogP contribution in [0.5, 0.6) is 5.75 Å². The van der Waals surface area contributed by atoms with Crippen LogP contribution in [0.3, 0.4) is 0 Å². The maximum Gasteiger partial charge on any atom is 0.311 e. The van der Waals surface area contributed by atoms with Crippen molar-refractivity contribution in [2.24, 2.45) is 5.92 Å². The number of nitrogens with one attached hydrogen (secondary N) is 2. The number of hydrogen-bond acceptors (Lipinski definition) is 6. The van der Waals surface area contributed by atoms with Crippen LogP contribution in [-0.4, -0.2) is 49.0 Å². The molecule has 0 aromatic heterocycles. The lowest BCUT2D eigenvalue weighted by Crippen LogP contribution is -2.43. The van der Waals surface area contributed by atoms with Crippen LogP contribution >= 0.6 is 11.6 Å². The summed E-state index contributed by atoms with van der Waals surface area (Å²) in [5.74, 6) is -2.67. The van der Waals surface area contributed by atoms with Crippen LogP contribution in [0.2, 0.25) is 5.02 Å². The molecule has 0 bridgehead atoms. The fourth-order valence-electron chi connectivity index (χ4n) is 3.01. The van der Waals surface area contributed by atoms with Gasteiger partial charge in [0.25, 0.3) is 11.8 Å². The van der Waals surface area contributed by atoms with E-state index < -0.39 is 36.2 Å². The summed E-state index contributed by atoms with van der Waals surface area (Å²) < 4.78 is 10.2. The molecule has 0 aliphatic carbocycles. The Morgan fingerprint density at radius 1 is 1.16 bits per heavy atom. The van der Waals surface area contributed by atoms with E-state index in [9.17, 15) is 19.2 Å². The number of hydrazine groups is 1. The van der Waals surface area contributed by atoms with Crippen molar-refractivity contribution < 1.29 is 28.7 Å². The lowest BCUT2D eigenvalue weighted by molar-refractivity contribution is -0.151. The van der Waals surface area contributed by atoms with Gasteiger partial charge >= 0.3 is 5.97 Å². The molecule has 0 saturated carbocycles. The van der Waals surface area contributed by atoms with Crippen LogP contribution in [0.4, 0.5) is 5.69 Å². The van der Waals surface area contributed by atoms with E-state index in [1.54, 1.807) is 48.5 Å². The summed E-state index contributed by atoms with van der Waals surface area (Å²) in [4.78, 5) is 48.9. The second-order valence-electron chi connectivity index (χ2n) is 6.71. The van der Waals surface area contributed by atoms with Gasteiger partial charge in [0.05, 0.1) is 25.1 Å². The van der Waals surface area contributed by atoms with Gasteiger partial charge in [-0.3, -0.25) is 29.6 Å². The minimum absolute atomic E-state index is 0.0610. The molecule has 31 heavy (non-hydrogen) atoms. The zero-order valence-corrected chi connectivity index (χ0v) is 17.3. The van der Waals surface area contributed by atoms with Gasteiger partial charge in [0, 0.05) is 17.1 Å². The predicted octanol–water partition coefficient (Wildman–Crippen LogP) is 2.02. The summed E-state index contributed by atoms with van der Waals surface area (Å²) >= 11 is 5.85. The van der Waals surface area contributed by atoms with Crippen LogP contribution in [0, 0.1) is 5.92 Å². The molecule has 2 N–H and O–H groups in total. The van der Waals surface area contributed by atoms with E-state index in [2.05, 4.69) is 10.7 Å². The monoisotopic (exact) mass is 445 g/mol. The number of amides is 3. The van der Waals surface area contributed by atoms with Gasteiger partial charge < -0.3 is 14.8 Å². The molecule has 162 valence electrons. The first-order valence-electron chi connectivity index (χ1n) is 9.34. The Morgan fingerprint density at radius 3 is 2.68 bits per heavy atom. The van der Waals surface area contributed by atoms with Crippen molar-refractivity contribution in [1.82, 2.24) is 10.4 Å². The number of carbonyl (C=O) groups is 4. The van der Waals surface area contributed by atoms with Crippen LogP contribution in [-0.2, 0) is 19.1 Å². The summed E-state index contributed by atoms with van der Waals surface area (Å²) in [6, 6.07) is 13.1. The highest BCUT2D eigenvalue weighted by Crippen LogP contribution is 2.21. The SMILES string of the molecule is COc1ccccc1C(=O)NN1C[C@@H](C(=O)OCC(=O)Nc2cccc(Cl)c2)CC1=O. The van der Waals surface area contributed by atoms with Crippen molar-refractivity contribution in [3.05, 3.63) is 59.1 Å². The number of hydrogen-bond donors (Lipinski definition) is 2. The highest BCUT2D eigenvalue weighted by atomic mass is 35.5. The average molecular weight is 446 g/mol. The van der Waals surface area contributed by atoms with E-state index in [4.69, 9.17) is 21.1 Å². The number of rotatable bonds is 7. The quantitative estimate of drug-likeness (QED) is 0.630. The maximum absolute atomic E-state index is 12.5. The van der Waals surface area contributed by atoms with Gasteiger partial charge in [-0.1, -0.05) is 29.8 Å². The van der Waals surface area contributed by atoms with Gasteiger partial charge in [0.2, 0.25) is 5.91 Å². The third-order valence-corrected chi connectivity index (χ3v) is 4.74. The Kier molecular flexibility index (Phi) is 7.09. The van der Waals surface area contributed by atoms with Gasteiger partial charge in [0.15, 0.2) is 6.61 Å². The highest BCUT2D eigenvalue weighted by molar-refractivity contribution is 6.30. The number of anilines is 1. The Morgan fingerprint density at radius 2 is 1.94 bits per heavy atom. The molecule has 0 spiro atoms.